The fourth-order valence-corrected chi connectivity index (χ4v) is 4.01. The second-order valence-corrected chi connectivity index (χ2v) is 5.73. The minimum absolute atomic E-state index is 0.247. The van der Waals surface area contributed by atoms with Gasteiger partial charge >= 0.3 is 6.61 Å². The zero-order valence-corrected chi connectivity index (χ0v) is 9.10. The summed E-state index contributed by atoms with van der Waals surface area (Å²) in [5, 5.41) is 0. The molecule has 1 heterocycles. The molecule has 0 N–H and O–H groups in total. The molecule has 15 heavy (non-hydrogen) atoms. The molecule has 0 unspecified atom stereocenters. The van der Waals surface area contributed by atoms with E-state index >= 15 is 0 Å². The smallest absolute Gasteiger partial charge is 0.387 e. The van der Waals surface area contributed by atoms with E-state index in [1.54, 1.807) is 12.1 Å². The summed E-state index contributed by atoms with van der Waals surface area (Å²) in [7, 11) is 0.345. The predicted octanol–water partition coefficient (Wildman–Crippen LogP) is 3.06. The van der Waals surface area contributed by atoms with Crippen molar-refractivity contribution < 1.29 is 13.5 Å². The fraction of sp³-hybridized carbons (Fsp3) is 0.455. The molecule has 0 aromatic heterocycles. The van der Waals surface area contributed by atoms with Crippen LogP contribution in [0, 0.1) is 0 Å². The van der Waals surface area contributed by atoms with Crippen LogP contribution >= 0.6 is 0 Å². The van der Waals surface area contributed by atoms with E-state index in [9.17, 15) is 8.78 Å². The molecule has 1 aromatic carbocycles. The minimum atomic E-state index is -2.73. The molecule has 2 rings (SSSR count). The summed E-state index contributed by atoms with van der Waals surface area (Å²) in [6, 6.07) is 7.08. The van der Waals surface area contributed by atoms with E-state index in [0.29, 0.717) is 10.9 Å². The maximum absolute atomic E-state index is 11.9. The lowest BCUT2D eigenvalue weighted by Crippen LogP contribution is -2.05. The summed E-state index contributed by atoms with van der Waals surface area (Å²) in [6.45, 7) is -2.73. The number of hydrogen-bond donors (Lipinski definition) is 0. The molecule has 0 radical (unpaired) electrons. The Hall–Kier alpha value is -0.770. The maximum Gasteiger partial charge on any atom is 0.387 e. The highest BCUT2D eigenvalue weighted by Crippen LogP contribution is 2.25. The lowest BCUT2D eigenvalue weighted by atomic mass is 10.3. The second kappa shape index (κ2) is 4.84. The zero-order chi connectivity index (χ0) is 10.7. The number of benzene rings is 1. The van der Waals surface area contributed by atoms with E-state index in [4.69, 9.17) is 0 Å². The van der Waals surface area contributed by atoms with Crippen LogP contribution in [-0.2, 0) is 10.9 Å². The monoisotopic (exact) mass is 231 g/mol. The van der Waals surface area contributed by atoms with E-state index in [2.05, 4.69) is 4.74 Å². The molecule has 1 fully saturated rings. The lowest BCUT2D eigenvalue weighted by Gasteiger charge is -2.04. The first-order valence-corrected chi connectivity index (χ1v) is 6.54. The van der Waals surface area contributed by atoms with E-state index in [1.807, 2.05) is 12.1 Å². The molecule has 1 saturated heterocycles. The van der Waals surface area contributed by atoms with E-state index in [1.165, 1.54) is 29.2 Å². The van der Waals surface area contributed by atoms with Gasteiger partial charge in [-0.1, -0.05) is 0 Å². The Balaban J connectivity index is 2.03. The molecule has 0 saturated carbocycles. The molecule has 1 aromatic rings. The van der Waals surface area contributed by atoms with Crippen LogP contribution in [0.5, 0.6) is 5.75 Å². The first-order valence-electron chi connectivity index (χ1n) is 4.98. The number of ether oxygens (including phenoxy) is 1. The van der Waals surface area contributed by atoms with Gasteiger partial charge in [-0.2, -0.15) is 8.78 Å². The van der Waals surface area contributed by atoms with Crippen molar-refractivity contribution in [2.75, 3.05) is 11.5 Å². The van der Waals surface area contributed by atoms with Gasteiger partial charge in [0.25, 0.3) is 0 Å². The van der Waals surface area contributed by atoms with Crippen molar-refractivity contribution in [1.82, 2.24) is 0 Å². The topological polar surface area (TPSA) is 9.23 Å². The molecule has 0 bridgehead atoms. The molecule has 1 nitrogen and oxygen atoms in total. The normalized spacial score (nSPS) is 17.3. The first kappa shape index (κ1) is 10.7. The fourth-order valence-electron chi connectivity index (χ4n) is 1.70. The quantitative estimate of drug-likeness (QED) is 0.726. The Morgan fingerprint density at radius 2 is 1.67 bits per heavy atom. The van der Waals surface area contributed by atoms with Crippen LogP contribution < -0.4 is 4.74 Å². The van der Waals surface area contributed by atoms with Crippen LogP contribution in [0.1, 0.15) is 12.8 Å². The molecule has 1 aliphatic rings. The predicted molar refractivity (Wildman–Crippen MR) is 57.7 cm³/mol. The third-order valence-corrected chi connectivity index (χ3v) is 4.92. The summed E-state index contributed by atoms with van der Waals surface area (Å²) >= 11 is 0. The summed E-state index contributed by atoms with van der Waals surface area (Å²) < 4.78 is 28.1. The molecular weight excluding hydrogens is 218 g/mol. The molecule has 0 atom stereocenters. The standard InChI is InChI=1S/C11H13F2OS/c12-11(13)14-9-3-5-10(6-4-9)15-7-1-2-8-15/h3-6,11H,1-2,7-8H2/q+1. The van der Waals surface area contributed by atoms with Crippen molar-refractivity contribution in [3.05, 3.63) is 24.3 Å². The van der Waals surface area contributed by atoms with Gasteiger partial charge in [0.2, 0.25) is 0 Å². The van der Waals surface area contributed by atoms with Gasteiger partial charge in [0.05, 0.1) is 0 Å². The van der Waals surface area contributed by atoms with Crippen molar-refractivity contribution in [2.24, 2.45) is 0 Å². The van der Waals surface area contributed by atoms with Crippen molar-refractivity contribution >= 4 is 10.9 Å². The van der Waals surface area contributed by atoms with E-state index in [-0.39, 0.29) is 5.75 Å². The number of hydrogen-bond acceptors (Lipinski definition) is 1. The van der Waals surface area contributed by atoms with Crippen LogP contribution in [0.25, 0.3) is 0 Å². The molecule has 1 aliphatic heterocycles. The highest BCUT2D eigenvalue weighted by molar-refractivity contribution is 7.97. The van der Waals surface area contributed by atoms with Crippen LogP contribution in [0.3, 0.4) is 0 Å². The largest absolute Gasteiger partial charge is 0.435 e. The molecule has 82 valence electrons. The minimum Gasteiger partial charge on any atom is -0.435 e. The molecule has 0 spiro atoms. The highest BCUT2D eigenvalue weighted by atomic mass is 32.2. The Kier molecular flexibility index (Phi) is 3.46. The van der Waals surface area contributed by atoms with Gasteiger partial charge < -0.3 is 4.74 Å². The average Bonchev–Trinajstić information content (AvgIpc) is 2.71. The number of rotatable bonds is 3. The lowest BCUT2D eigenvalue weighted by molar-refractivity contribution is -0.0498. The highest BCUT2D eigenvalue weighted by Gasteiger charge is 2.26. The van der Waals surface area contributed by atoms with Crippen molar-refractivity contribution in [1.29, 1.82) is 0 Å². The maximum atomic E-state index is 11.9. The molecule has 0 amide bonds. The van der Waals surface area contributed by atoms with Gasteiger partial charge in [0.1, 0.15) is 17.3 Å². The summed E-state index contributed by atoms with van der Waals surface area (Å²) in [6.07, 6.45) is 2.58. The third-order valence-electron chi connectivity index (χ3n) is 2.41. The molecular formula is C11H13F2OS+. The Morgan fingerprint density at radius 3 is 2.20 bits per heavy atom. The van der Waals surface area contributed by atoms with Crippen LogP contribution in [0.2, 0.25) is 0 Å². The van der Waals surface area contributed by atoms with Crippen molar-refractivity contribution in [3.8, 4) is 5.75 Å². The van der Waals surface area contributed by atoms with Gasteiger partial charge in [-0.25, -0.2) is 0 Å². The third kappa shape index (κ3) is 2.84. The van der Waals surface area contributed by atoms with Crippen LogP contribution in [0.15, 0.2) is 29.2 Å². The van der Waals surface area contributed by atoms with Gasteiger partial charge in [-0.3, -0.25) is 0 Å². The van der Waals surface area contributed by atoms with Crippen molar-refractivity contribution in [3.63, 3.8) is 0 Å². The van der Waals surface area contributed by atoms with E-state index < -0.39 is 6.61 Å². The summed E-state index contributed by atoms with van der Waals surface area (Å²) in [5.74, 6) is 2.74. The van der Waals surface area contributed by atoms with Gasteiger partial charge in [0.15, 0.2) is 4.90 Å². The van der Waals surface area contributed by atoms with Crippen LogP contribution in [0.4, 0.5) is 8.78 Å². The Labute approximate surface area is 90.8 Å². The number of halogens is 2. The Bertz CT molecular complexity index is 307. The van der Waals surface area contributed by atoms with Gasteiger partial charge in [0, 0.05) is 10.9 Å². The Morgan fingerprint density at radius 1 is 1.07 bits per heavy atom. The van der Waals surface area contributed by atoms with Crippen molar-refractivity contribution in [2.45, 2.75) is 24.3 Å². The summed E-state index contributed by atoms with van der Waals surface area (Å²) in [4.78, 5) is 1.27. The number of alkyl halides is 2. The first-order chi connectivity index (χ1) is 7.25. The van der Waals surface area contributed by atoms with Gasteiger partial charge in [-0.15, -0.1) is 0 Å². The van der Waals surface area contributed by atoms with E-state index in [0.717, 1.165) is 0 Å². The zero-order valence-electron chi connectivity index (χ0n) is 8.29. The average molecular weight is 231 g/mol. The SMILES string of the molecule is FC(F)Oc1ccc([S+]2CCCC2)cc1. The summed E-state index contributed by atoms with van der Waals surface area (Å²) in [5.41, 5.74) is 0. The van der Waals surface area contributed by atoms with Crippen LogP contribution in [-0.4, -0.2) is 18.1 Å². The molecule has 4 heteroatoms. The second-order valence-electron chi connectivity index (χ2n) is 3.46. The molecule has 0 aliphatic carbocycles. The van der Waals surface area contributed by atoms with Gasteiger partial charge in [-0.05, 0) is 37.1 Å².